The van der Waals surface area contributed by atoms with Crippen LogP contribution >= 0.6 is 11.8 Å². The van der Waals surface area contributed by atoms with E-state index in [0.717, 1.165) is 37.1 Å². The van der Waals surface area contributed by atoms with Gasteiger partial charge in [0.2, 0.25) is 5.91 Å². The van der Waals surface area contributed by atoms with Gasteiger partial charge in [-0.25, -0.2) is 4.98 Å². The van der Waals surface area contributed by atoms with E-state index in [1.807, 2.05) is 16.7 Å². The predicted octanol–water partition coefficient (Wildman–Crippen LogP) is 2.89. The van der Waals surface area contributed by atoms with Gasteiger partial charge in [0.25, 0.3) is 0 Å². The summed E-state index contributed by atoms with van der Waals surface area (Å²) in [5, 5.41) is 0. The minimum Gasteiger partial charge on any atom is -0.355 e. The van der Waals surface area contributed by atoms with Gasteiger partial charge < -0.3 is 9.80 Å². The first kappa shape index (κ1) is 17.4. The molecule has 0 N–H and O–H groups in total. The highest BCUT2D eigenvalue weighted by Crippen LogP contribution is 2.36. The van der Waals surface area contributed by atoms with Crippen molar-refractivity contribution in [2.75, 3.05) is 42.6 Å². The molecule has 0 spiro atoms. The lowest BCUT2D eigenvalue weighted by atomic mass is 9.96. The molecule has 1 aromatic heterocycles. The van der Waals surface area contributed by atoms with Gasteiger partial charge in [-0.2, -0.15) is 24.9 Å². The molecule has 0 aliphatic carbocycles. The molecule has 2 aliphatic rings. The molecule has 1 unspecified atom stereocenters. The zero-order chi connectivity index (χ0) is 17.2. The van der Waals surface area contributed by atoms with Crippen molar-refractivity contribution in [2.45, 2.75) is 19.0 Å². The highest BCUT2D eigenvalue weighted by molar-refractivity contribution is 7.99. The SMILES string of the molecule is O=C(C1CCCN(c2ncccc2C(F)(F)F)C1)N1CCSCC1. The van der Waals surface area contributed by atoms with E-state index in [2.05, 4.69) is 4.98 Å². The van der Waals surface area contributed by atoms with Crippen molar-refractivity contribution >= 4 is 23.5 Å². The van der Waals surface area contributed by atoms with Gasteiger partial charge in [-0.1, -0.05) is 0 Å². The minimum absolute atomic E-state index is 0.0586. The first-order valence-corrected chi connectivity index (χ1v) is 9.26. The Morgan fingerprint density at radius 2 is 2.00 bits per heavy atom. The summed E-state index contributed by atoms with van der Waals surface area (Å²) in [6.45, 7) is 2.27. The summed E-state index contributed by atoms with van der Waals surface area (Å²) in [4.78, 5) is 20.1. The summed E-state index contributed by atoms with van der Waals surface area (Å²) in [6.07, 6.45) is -1.64. The number of alkyl halides is 3. The molecule has 0 bridgehead atoms. The summed E-state index contributed by atoms with van der Waals surface area (Å²) < 4.78 is 39.6. The number of carbonyl (C=O) groups is 1. The van der Waals surface area contributed by atoms with Gasteiger partial charge in [0.1, 0.15) is 5.82 Å². The summed E-state index contributed by atoms with van der Waals surface area (Å²) in [5.41, 5.74) is -0.729. The molecule has 4 nitrogen and oxygen atoms in total. The van der Waals surface area contributed by atoms with Crippen LogP contribution in [0.15, 0.2) is 18.3 Å². The van der Waals surface area contributed by atoms with Crippen molar-refractivity contribution in [3.63, 3.8) is 0 Å². The number of amides is 1. The van der Waals surface area contributed by atoms with E-state index in [-0.39, 0.29) is 17.6 Å². The third kappa shape index (κ3) is 3.79. The number of piperidine rings is 1. The zero-order valence-electron chi connectivity index (χ0n) is 13.3. The van der Waals surface area contributed by atoms with Crippen LogP contribution in [-0.2, 0) is 11.0 Å². The summed E-state index contributed by atoms with van der Waals surface area (Å²) in [5.74, 6) is 1.63. The Balaban J connectivity index is 1.75. The van der Waals surface area contributed by atoms with E-state index in [4.69, 9.17) is 0 Å². The lowest BCUT2D eigenvalue weighted by Gasteiger charge is -2.37. The molecule has 132 valence electrons. The lowest BCUT2D eigenvalue weighted by molar-refractivity contribution is -0.137. The largest absolute Gasteiger partial charge is 0.419 e. The molecule has 8 heteroatoms. The van der Waals surface area contributed by atoms with E-state index in [1.54, 1.807) is 4.90 Å². The van der Waals surface area contributed by atoms with E-state index >= 15 is 0 Å². The molecule has 24 heavy (non-hydrogen) atoms. The average molecular weight is 359 g/mol. The fourth-order valence-corrected chi connectivity index (χ4v) is 4.19. The summed E-state index contributed by atoms with van der Waals surface area (Å²) in [6, 6.07) is 2.35. The fraction of sp³-hybridized carbons (Fsp3) is 0.625. The number of pyridine rings is 1. The smallest absolute Gasteiger partial charge is 0.355 e. The third-order valence-electron chi connectivity index (χ3n) is 4.49. The maximum atomic E-state index is 13.2. The molecule has 1 amide bonds. The van der Waals surface area contributed by atoms with Gasteiger partial charge in [0, 0.05) is 43.9 Å². The monoisotopic (exact) mass is 359 g/mol. The van der Waals surface area contributed by atoms with Gasteiger partial charge in [0.15, 0.2) is 0 Å². The average Bonchev–Trinajstić information content (AvgIpc) is 2.61. The molecular weight excluding hydrogens is 339 g/mol. The lowest BCUT2D eigenvalue weighted by Crippen LogP contribution is -2.47. The number of nitrogens with zero attached hydrogens (tertiary/aromatic N) is 3. The first-order chi connectivity index (χ1) is 11.5. The number of aromatic nitrogens is 1. The van der Waals surface area contributed by atoms with Crippen LogP contribution in [0, 0.1) is 5.92 Å². The predicted molar refractivity (Wildman–Crippen MR) is 88.1 cm³/mol. The Morgan fingerprint density at radius 3 is 2.71 bits per heavy atom. The van der Waals surface area contributed by atoms with Crippen LogP contribution < -0.4 is 4.90 Å². The van der Waals surface area contributed by atoms with Gasteiger partial charge in [0.05, 0.1) is 11.5 Å². The molecule has 1 aromatic rings. The number of thioether (sulfide) groups is 1. The minimum atomic E-state index is -4.44. The topological polar surface area (TPSA) is 36.4 Å². The maximum absolute atomic E-state index is 13.2. The van der Waals surface area contributed by atoms with E-state index in [9.17, 15) is 18.0 Å². The summed E-state index contributed by atoms with van der Waals surface area (Å²) >= 11 is 1.83. The van der Waals surface area contributed by atoms with Crippen molar-refractivity contribution in [1.29, 1.82) is 0 Å². The molecule has 0 radical (unpaired) electrons. The number of anilines is 1. The molecule has 2 aliphatic heterocycles. The molecule has 1 atom stereocenters. The number of halogens is 3. The normalized spacial score (nSPS) is 22.5. The Bertz CT molecular complexity index is 590. The van der Waals surface area contributed by atoms with Crippen LogP contribution in [0.3, 0.4) is 0 Å². The van der Waals surface area contributed by atoms with E-state index < -0.39 is 11.7 Å². The molecule has 0 saturated carbocycles. The molecule has 2 saturated heterocycles. The van der Waals surface area contributed by atoms with Crippen LogP contribution in [0.5, 0.6) is 0 Å². The van der Waals surface area contributed by atoms with Crippen LogP contribution in [0.1, 0.15) is 18.4 Å². The maximum Gasteiger partial charge on any atom is 0.419 e. The van der Waals surface area contributed by atoms with Crippen molar-refractivity contribution in [2.24, 2.45) is 5.92 Å². The van der Waals surface area contributed by atoms with Crippen LogP contribution in [0.2, 0.25) is 0 Å². The molecule has 3 heterocycles. The van der Waals surface area contributed by atoms with Gasteiger partial charge in [-0.05, 0) is 25.0 Å². The quantitative estimate of drug-likeness (QED) is 0.814. The third-order valence-corrected chi connectivity index (χ3v) is 5.43. The first-order valence-electron chi connectivity index (χ1n) is 8.10. The number of hydrogen-bond acceptors (Lipinski definition) is 4. The molecule has 2 fully saturated rings. The Labute approximate surface area is 143 Å². The van der Waals surface area contributed by atoms with Gasteiger partial charge in [-0.3, -0.25) is 4.79 Å². The van der Waals surface area contributed by atoms with Crippen molar-refractivity contribution in [3.05, 3.63) is 23.9 Å². The van der Waals surface area contributed by atoms with Gasteiger partial charge >= 0.3 is 6.18 Å². The van der Waals surface area contributed by atoms with Crippen molar-refractivity contribution < 1.29 is 18.0 Å². The van der Waals surface area contributed by atoms with Crippen LogP contribution in [0.4, 0.5) is 19.0 Å². The van der Waals surface area contributed by atoms with Crippen LogP contribution in [-0.4, -0.2) is 53.5 Å². The van der Waals surface area contributed by atoms with E-state index in [0.29, 0.717) is 19.5 Å². The Hall–Kier alpha value is -1.44. The molecule has 0 aromatic carbocycles. The van der Waals surface area contributed by atoms with E-state index in [1.165, 1.54) is 12.3 Å². The Morgan fingerprint density at radius 1 is 1.25 bits per heavy atom. The standard InChI is InChI=1S/C16H20F3N3OS/c17-16(18,19)13-4-1-5-20-14(13)22-6-2-3-12(11-22)15(23)21-7-9-24-10-8-21/h1,4-5,12H,2-3,6-11H2. The number of carbonyl (C=O) groups excluding carboxylic acids is 1. The second kappa shape index (κ2) is 7.21. The fourth-order valence-electron chi connectivity index (χ4n) is 3.28. The second-order valence-corrected chi connectivity index (χ2v) is 7.32. The van der Waals surface area contributed by atoms with Crippen molar-refractivity contribution in [3.8, 4) is 0 Å². The highest BCUT2D eigenvalue weighted by atomic mass is 32.2. The molecular formula is C16H20F3N3OS. The zero-order valence-corrected chi connectivity index (χ0v) is 14.1. The number of rotatable bonds is 2. The number of hydrogen-bond donors (Lipinski definition) is 0. The highest BCUT2D eigenvalue weighted by Gasteiger charge is 2.38. The van der Waals surface area contributed by atoms with Gasteiger partial charge in [-0.15, -0.1) is 0 Å². The Kier molecular flexibility index (Phi) is 5.22. The second-order valence-electron chi connectivity index (χ2n) is 6.10. The summed E-state index contributed by atoms with van der Waals surface area (Å²) in [7, 11) is 0. The molecule has 3 rings (SSSR count). The van der Waals surface area contributed by atoms with Crippen molar-refractivity contribution in [1.82, 2.24) is 9.88 Å². The van der Waals surface area contributed by atoms with Crippen LogP contribution in [0.25, 0.3) is 0 Å².